The van der Waals surface area contributed by atoms with Crippen LogP contribution in [-0.4, -0.2) is 62.8 Å². The van der Waals surface area contributed by atoms with Gasteiger partial charge < -0.3 is 9.80 Å². The van der Waals surface area contributed by atoms with E-state index in [2.05, 4.69) is 10.3 Å². The van der Waals surface area contributed by atoms with Crippen molar-refractivity contribution in [3.63, 3.8) is 0 Å². The molecule has 7 nitrogen and oxygen atoms in total. The molecule has 29 heavy (non-hydrogen) atoms. The normalized spacial score (nSPS) is 14.1. The highest BCUT2D eigenvalue weighted by Gasteiger charge is 2.27. The van der Waals surface area contributed by atoms with E-state index in [9.17, 15) is 9.59 Å². The number of hydrogen-bond acceptors (Lipinski definition) is 4. The number of carbonyl (C=O) groups is 2. The second kappa shape index (κ2) is 8.23. The molecule has 4 rings (SSSR count). The molecule has 1 aromatic heterocycles. The fourth-order valence-corrected chi connectivity index (χ4v) is 3.52. The molecule has 148 valence electrons. The fourth-order valence-electron chi connectivity index (χ4n) is 3.17. The topological polar surface area (TPSA) is 71.3 Å². The third-order valence-electron chi connectivity index (χ3n) is 4.76. The number of aromatic nitrogens is 3. The molecule has 1 aliphatic heterocycles. The Kier molecular flexibility index (Phi) is 5.51. The fraction of sp³-hybridized carbons (Fsp3) is 0.200. The number of benzene rings is 2. The van der Waals surface area contributed by atoms with Crippen molar-refractivity contribution in [2.75, 3.05) is 26.2 Å². The van der Waals surface area contributed by atoms with Gasteiger partial charge in [-0.3, -0.25) is 9.59 Å². The first kappa shape index (κ1) is 19.4. The Labute approximate surface area is 177 Å². The Morgan fingerprint density at radius 3 is 2.10 bits per heavy atom. The zero-order valence-corrected chi connectivity index (χ0v) is 16.8. The SMILES string of the molecule is O=C(c1ccc(Cl)cc1)N1CCN(C(=O)c2cn(-c3ccccc3Cl)nn2)CC1. The van der Waals surface area contributed by atoms with E-state index in [0.29, 0.717) is 47.5 Å². The molecule has 0 bridgehead atoms. The van der Waals surface area contributed by atoms with Crippen LogP contribution in [0.5, 0.6) is 0 Å². The van der Waals surface area contributed by atoms with E-state index in [1.54, 1.807) is 52.4 Å². The van der Waals surface area contributed by atoms with Crippen LogP contribution in [0.25, 0.3) is 5.69 Å². The summed E-state index contributed by atoms with van der Waals surface area (Å²) in [4.78, 5) is 28.8. The summed E-state index contributed by atoms with van der Waals surface area (Å²) in [6.07, 6.45) is 1.56. The molecule has 2 aromatic carbocycles. The summed E-state index contributed by atoms with van der Waals surface area (Å²) in [5, 5.41) is 9.11. The average molecular weight is 430 g/mol. The Balaban J connectivity index is 1.40. The van der Waals surface area contributed by atoms with Gasteiger partial charge in [0, 0.05) is 36.8 Å². The second-order valence-corrected chi connectivity index (χ2v) is 7.43. The lowest BCUT2D eigenvalue weighted by Gasteiger charge is -2.34. The molecule has 2 heterocycles. The Morgan fingerprint density at radius 2 is 1.45 bits per heavy atom. The van der Waals surface area contributed by atoms with Gasteiger partial charge in [-0.25, -0.2) is 4.68 Å². The predicted molar refractivity (Wildman–Crippen MR) is 110 cm³/mol. The minimum atomic E-state index is -0.220. The third-order valence-corrected chi connectivity index (χ3v) is 5.33. The lowest BCUT2D eigenvalue weighted by Crippen LogP contribution is -2.50. The number of piperazine rings is 1. The molecule has 1 saturated heterocycles. The van der Waals surface area contributed by atoms with Crippen molar-refractivity contribution >= 4 is 35.0 Å². The van der Waals surface area contributed by atoms with E-state index >= 15 is 0 Å². The molecule has 0 radical (unpaired) electrons. The van der Waals surface area contributed by atoms with Crippen LogP contribution in [-0.2, 0) is 0 Å². The summed E-state index contributed by atoms with van der Waals surface area (Å²) in [5.41, 5.74) is 1.47. The van der Waals surface area contributed by atoms with E-state index < -0.39 is 0 Å². The largest absolute Gasteiger partial charge is 0.335 e. The Bertz CT molecular complexity index is 1040. The van der Waals surface area contributed by atoms with E-state index in [1.165, 1.54) is 4.68 Å². The lowest BCUT2D eigenvalue weighted by molar-refractivity contribution is 0.0532. The number of para-hydroxylation sites is 1. The number of halogens is 2. The standard InChI is InChI=1S/C20H17Cl2N5O2/c21-15-7-5-14(6-8-15)19(28)25-9-11-26(12-10-25)20(29)17-13-27(24-23-17)18-4-2-1-3-16(18)22/h1-8,13H,9-12H2. The molecule has 0 saturated carbocycles. The van der Waals surface area contributed by atoms with Crippen LogP contribution < -0.4 is 0 Å². The smallest absolute Gasteiger partial charge is 0.276 e. The summed E-state index contributed by atoms with van der Waals surface area (Å²) in [5.74, 6) is -0.291. The number of carbonyl (C=O) groups excluding carboxylic acids is 2. The Hall–Kier alpha value is -2.90. The third kappa shape index (κ3) is 4.11. The molecular formula is C20H17Cl2N5O2. The molecule has 1 aliphatic rings. The minimum absolute atomic E-state index is 0.0709. The van der Waals surface area contributed by atoms with Crippen LogP contribution in [0.3, 0.4) is 0 Å². The predicted octanol–water partition coefficient (Wildman–Crippen LogP) is 3.17. The van der Waals surface area contributed by atoms with E-state index in [4.69, 9.17) is 23.2 Å². The highest BCUT2D eigenvalue weighted by Crippen LogP contribution is 2.19. The van der Waals surface area contributed by atoms with Gasteiger partial charge in [0.1, 0.15) is 0 Å². The molecule has 0 N–H and O–H groups in total. The summed E-state index contributed by atoms with van der Waals surface area (Å²) in [7, 11) is 0. The quantitative estimate of drug-likeness (QED) is 0.640. The number of nitrogens with zero attached hydrogens (tertiary/aromatic N) is 5. The van der Waals surface area contributed by atoms with Gasteiger partial charge in [-0.15, -0.1) is 5.10 Å². The molecule has 3 aromatic rings. The van der Waals surface area contributed by atoms with E-state index in [-0.39, 0.29) is 17.5 Å². The maximum atomic E-state index is 12.8. The lowest BCUT2D eigenvalue weighted by atomic mass is 10.2. The van der Waals surface area contributed by atoms with Crippen LogP contribution in [0.2, 0.25) is 10.0 Å². The van der Waals surface area contributed by atoms with Crippen molar-refractivity contribution in [1.82, 2.24) is 24.8 Å². The first-order valence-electron chi connectivity index (χ1n) is 9.04. The van der Waals surface area contributed by atoms with E-state index in [0.717, 1.165) is 0 Å². The summed E-state index contributed by atoms with van der Waals surface area (Å²) < 4.78 is 1.48. The monoisotopic (exact) mass is 429 g/mol. The zero-order valence-electron chi connectivity index (χ0n) is 15.3. The van der Waals surface area contributed by atoms with Gasteiger partial charge in [0.15, 0.2) is 5.69 Å². The highest BCUT2D eigenvalue weighted by molar-refractivity contribution is 6.32. The maximum Gasteiger partial charge on any atom is 0.276 e. The minimum Gasteiger partial charge on any atom is -0.335 e. The molecule has 1 fully saturated rings. The molecule has 9 heteroatoms. The highest BCUT2D eigenvalue weighted by atomic mass is 35.5. The number of hydrogen-bond donors (Lipinski definition) is 0. The average Bonchev–Trinajstić information content (AvgIpc) is 3.24. The molecular weight excluding hydrogens is 413 g/mol. The Morgan fingerprint density at radius 1 is 0.828 bits per heavy atom. The van der Waals surface area contributed by atoms with Gasteiger partial charge in [0.2, 0.25) is 0 Å². The van der Waals surface area contributed by atoms with Gasteiger partial charge >= 0.3 is 0 Å². The number of rotatable bonds is 3. The first-order valence-corrected chi connectivity index (χ1v) is 9.80. The molecule has 2 amide bonds. The molecule has 0 atom stereocenters. The van der Waals surface area contributed by atoms with Crippen LogP contribution in [0.15, 0.2) is 54.7 Å². The molecule has 0 aliphatic carbocycles. The summed E-state index contributed by atoms with van der Waals surface area (Å²) in [6, 6.07) is 14.0. The van der Waals surface area contributed by atoms with Crippen LogP contribution >= 0.6 is 23.2 Å². The van der Waals surface area contributed by atoms with Crippen molar-refractivity contribution in [1.29, 1.82) is 0 Å². The number of amides is 2. The van der Waals surface area contributed by atoms with Gasteiger partial charge in [0.05, 0.1) is 16.9 Å². The summed E-state index contributed by atoms with van der Waals surface area (Å²) >= 11 is 12.0. The van der Waals surface area contributed by atoms with E-state index in [1.807, 2.05) is 12.1 Å². The molecule has 0 unspecified atom stereocenters. The van der Waals surface area contributed by atoms with Crippen molar-refractivity contribution in [2.24, 2.45) is 0 Å². The second-order valence-electron chi connectivity index (χ2n) is 6.59. The molecule has 0 spiro atoms. The maximum absolute atomic E-state index is 12.8. The van der Waals surface area contributed by atoms with Gasteiger partial charge in [-0.1, -0.05) is 40.5 Å². The van der Waals surface area contributed by atoms with Crippen molar-refractivity contribution in [3.05, 3.63) is 76.0 Å². The van der Waals surface area contributed by atoms with Crippen molar-refractivity contribution in [2.45, 2.75) is 0 Å². The van der Waals surface area contributed by atoms with Crippen molar-refractivity contribution in [3.8, 4) is 5.69 Å². The zero-order chi connectivity index (χ0) is 20.4. The van der Waals surface area contributed by atoms with Crippen LogP contribution in [0.4, 0.5) is 0 Å². The van der Waals surface area contributed by atoms with Crippen LogP contribution in [0.1, 0.15) is 20.8 Å². The van der Waals surface area contributed by atoms with Gasteiger partial charge in [-0.05, 0) is 36.4 Å². The summed E-state index contributed by atoms with van der Waals surface area (Å²) in [6.45, 7) is 1.76. The van der Waals surface area contributed by atoms with Gasteiger partial charge in [-0.2, -0.15) is 0 Å². The first-order chi connectivity index (χ1) is 14.0. The van der Waals surface area contributed by atoms with Crippen molar-refractivity contribution < 1.29 is 9.59 Å². The van der Waals surface area contributed by atoms with Gasteiger partial charge in [0.25, 0.3) is 11.8 Å². The van der Waals surface area contributed by atoms with Crippen LogP contribution in [0, 0.1) is 0 Å².